The van der Waals surface area contributed by atoms with Crippen molar-refractivity contribution < 1.29 is 18.8 Å². The van der Waals surface area contributed by atoms with Crippen molar-refractivity contribution in [3.05, 3.63) is 59.2 Å². The van der Waals surface area contributed by atoms with Crippen LogP contribution in [0.3, 0.4) is 0 Å². The summed E-state index contributed by atoms with van der Waals surface area (Å²) < 4.78 is 15.5. The van der Waals surface area contributed by atoms with Crippen molar-refractivity contribution in [1.29, 1.82) is 0 Å². The fourth-order valence-electron chi connectivity index (χ4n) is 3.15. The zero-order chi connectivity index (χ0) is 21.5. The molecule has 0 radical (unpaired) electrons. The van der Waals surface area contributed by atoms with Crippen LogP contribution in [0.15, 0.2) is 42.2 Å². The number of amides is 4. The summed E-state index contributed by atoms with van der Waals surface area (Å²) in [6, 6.07) is 6.92. The van der Waals surface area contributed by atoms with E-state index in [0.29, 0.717) is 17.0 Å². The van der Waals surface area contributed by atoms with Gasteiger partial charge in [-0.2, -0.15) is 9.61 Å². The number of anilines is 2. The zero-order valence-electron chi connectivity index (χ0n) is 16.0. The van der Waals surface area contributed by atoms with Crippen LogP contribution >= 0.6 is 0 Å². The molecule has 2 aromatic heterocycles. The number of hydrogen-bond donors (Lipinski definition) is 4. The van der Waals surface area contributed by atoms with Crippen LogP contribution < -0.4 is 21.3 Å². The molecule has 31 heavy (non-hydrogen) atoms. The molecule has 3 aromatic rings. The molecule has 10 nitrogen and oxygen atoms in total. The van der Waals surface area contributed by atoms with E-state index >= 15 is 0 Å². The van der Waals surface area contributed by atoms with E-state index in [-0.39, 0.29) is 23.1 Å². The minimum atomic E-state index is -0.644. The number of carbonyl (C=O) groups excluding carboxylic acids is 3. The quantitative estimate of drug-likeness (QED) is 0.368. The Bertz CT molecular complexity index is 1280. The Kier molecular flexibility index (Phi) is 4.35. The molecule has 5 rings (SSSR count). The number of urea groups is 1. The topological polar surface area (TPSA) is 130 Å². The van der Waals surface area contributed by atoms with Crippen molar-refractivity contribution in [3.8, 4) is 0 Å². The monoisotopic (exact) mass is 421 g/mol. The van der Waals surface area contributed by atoms with Gasteiger partial charge in [0.1, 0.15) is 23.1 Å². The highest BCUT2D eigenvalue weighted by molar-refractivity contribution is 6.14. The second-order valence-electron chi connectivity index (χ2n) is 7.18. The molecule has 0 atom stereocenters. The van der Waals surface area contributed by atoms with Gasteiger partial charge in [0.05, 0.1) is 11.8 Å². The van der Waals surface area contributed by atoms with Crippen LogP contribution in [-0.2, 0) is 4.79 Å². The number of imide groups is 1. The first-order valence-corrected chi connectivity index (χ1v) is 9.53. The SMILES string of the molecule is O=C1NC(=O)C(=Cc2cnn3c(NC4CC4)cc(NC(=O)c4ccccc4F)nc23)N1. The van der Waals surface area contributed by atoms with Crippen molar-refractivity contribution in [2.45, 2.75) is 18.9 Å². The third-order valence-corrected chi connectivity index (χ3v) is 4.81. The molecule has 1 aromatic carbocycles. The van der Waals surface area contributed by atoms with Gasteiger partial charge in [0.25, 0.3) is 11.8 Å². The Morgan fingerprint density at radius 2 is 2.03 bits per heavy atom. The third-order valence-electron chi connectivity index (χ3n) is 4.81. The molecule has 1 aliphatic carbocycles. The summed E-state index contributed by atoms with van der Waals surface area (Å²) in [6.07, 6.45) is 4.95. The Labute approximate surface area is 174 Å². The first-order valence-electron chi connectivity index (χ1n) is 9.53. The van der Waals surface area contributed by atoms with Crippen molar-refractivity contribution in [2.75, 3.05) is 10.6 Å². The maximum Gasteiger partial charge on any atom is 0.326 e. The normalized spacial score (nSPS) is 17.0. The molecular formula is C20H16FN7O3. The van der Waals surface area contributed by atoms with Crippen LogP contribution in [0.5, 0.6) is 0 Å². The number of halogens is 1. The molecule has 2 fully saturated rings. The van der Waals surface area contributed by atoms with E-state index in [1.165, 1.54) is 35.0 Å². The van der Waals surface area contributed by atoms with Gasteiger partial charge in [0, 0.05) is 17.7 Å². The molecule has 2 aliphatic rings. The number of rotatable bonds is 5. The van der Waals surface area contributed by atoms with E-state index in [1.54, 1.807) is 12.1 Å². The second kappa shape index (κ2) is 7.20. The highest BCUT2D eigenvalue weighted by Gasteiger charge is 2.25. The van der Waals surface area contributed by atoms with Gasteiger partial charge in [-0.1, -0.05) is 12.1 Å². The van der Waals surface area contributed by atoms with E-state index in [0.717, 1.165) is 12.8 Å². The van der Waals surface area contributed by atoms with Gasteiger partial charge in [-0.3, -0.25) is 14.9 Å². The molecule has 3 heterocycles. The average molecular weight is 421 g/mol. The fraction of sp³-hybridized carbons (Fsp3) is 0.150. The van der Waals surface area contributed by atoms with Gasteiger partial charge in [-0.15, -0.1) is 0 Å². The van der Waals surface area contributed by atoms with E-state index in [9.17, 15) is 18.8 Å². The van der Waals surface area contributed by atoms with Crippen LogP contribution in [0.25, 0.3) is 11.7 Å². The summed E-state index contributed by atoms with van der Waals surface area (Å²) in [7, 11) is 0. The molecule has 156 valence electrons. The van der Waals surface area contributed by atoms with Crippen molar-refractivity contribution in [2.24, 2.45) is 0 Å². The number of carbonyl (C=O) groups is 3. The molecule has 0 spiro atoms. The number of nitrogens with zero attached hydrogens (tertiary/aromatic N) is 3. The lowest BCUT2D eigenvalue weighted by atomic mass is 10.2. The summed E-state index contributed by atoms with van der Waals surface area (Å²) in [6.45, 7) is 0. The molecule has 4 N–H and O–H groups in total. The van der Waals surface area contributed by atoms with Crippen molar-refractivity contribution in [1.82, 2.24) is 25.2 Å². The highest BCUT2D eigenvalue weighted by Crippen LogP contribution is 2.27. The maximum atomic E-state index is 14.0. The second-order valence-corrected chi connectivity index (χ2v) is 7.18. The smallest absolute Gasteiger partial charge is 0.326 e. The fourth-order valence-corrected chi connectivity index (χ4v) is 3.15. The largest absolute Gasteiger partial charge is 0.367 e. The van der Waals surface area contributed by atoms with Crippen LogP contribution in [0.1, 0.15) is 28.8 Å². The third kappa shape index (κ3) is 3.68. The highest BCUT2D eigenvalue weighted by atomic mass is 19.1. The van der Waals surface area contributed by atoms with Crippen LogP contribution in [0.4, 0.5) is 20.8 Å². The van der Waals surface area contributed by atoms with E-state index in [2.05, 4.69) is 31.3 Å². The summed E-state index contributed by atoms with van der Waals surface area (Å²) in [5.41, 5.74) is 0.741. The van der Waals surface area contributed by atoms with Gasteiger partial charge in [-0.05, 0) is 31.1 Å². The molecule has 1 saturated carbocycles. The Balaban J connectivity index is 1.54. The summed E-state index contributed by atoms with van der Waals surface area (Å²) >= 11 is 0. The average Bonchev–Trinajstić information content (AvgIpc) is 3.37. The molecule has 0 unspecified atom stereocenters. The number of nitrogens with one attached hydrogen (secondary N) is 4. The number of fused-ring (bicyclic) bond motifs is 1. The molecule has 0 bridgehead atoms. The van der Waals surface area contributed by atoms with Gasteiger partial charge in [0.2, 0.25) is 0 Å². The Hall–Kier alpha value is -4.28. The van der Waals surface area contributed by atoms with E-state index in [1.807, 2.05) is 0 Å². The zero-order valence-corrected chi connectivity index (χ0v) is 16.0. The van der Waals surface area contributed by atoms with Crippen LogP contribution in [-0.4, -0.2) is 38.5 Å². The first kappa shape index (κ1) is 18.7. The lowest BCUT2D eigenvalue weighted by Gasteiger charge is -2.11. The molecule has 1 saturated heterocycles. The summed E-state index contributed by atoms with van der Waals surface area (Å²) in [4.78, 5) is 40.2. The summed E-state index contributed by atoms with van der Waals surface area (Å²) in [5.74, 6) is -1.08. The van der Waals surface area contributed by atoms with Gasteiger partial charge >= 0.3 is 6.03 Å². The predicted molar refractivity (Wildman–Crippen MR) is 109 cm³/mol. The lowest BCUT2D eigenvalue weighted by Crippen LogP contribution is -2.22. The minimum Gasteiger partial charge on any atom is -0.367 e. The standard InChI is InChI=1S/C20H16FN7O3/c21-13-4-2-1-3-12(13)18(29)26-15-8-16(23-11-5-6-11)28-17(25-15)10(9-22-28)7-14-19(30)27-20(31)24-14/h1-4,7-9,11,23H,5-6H2,(H,25,26,29)(H2,24,27,30,31). The van der Waals surface area contributed by atoms with Crippen LogP contribution in [0, 0.1) is 5.82 Å². The number of benzene rings is 1. The molecule has 1 aliphatic heterocycles. The lowest BCUT2D eigenvalue weighted by molar-refractivity contribution is -0.115. The van der Waals surface area contributed by atoms with Crippen LogP contribution in [0.2, 0.25) is 0 Å². The van der Waals surface area contributed by atoms with E-state index in [4.69, 9.17) is 0 Å². The molecule has 11 heteroatoms. The van der Waals surface area contributed by atoms with Gasteiger partial charge in [-0.25, -0.2) is 14.2 Å². The number of aromatic nitrogens is 3. The Morgan fingerprint density at radius 3 is 2.74 bits per heavy atom. The minimum absolute atomic E-state index is 0.0548. The Morgan fingerprint density at radius 1 is 1.23 bits per heavy atom. The van der Waals surface area contributed by atoms with Crippen molar-refractivity contribution >= 4 is 41.2 Å². The molecular weight excluding hydrogens is 405 g/mol. The maximum absolute atomic E-state index is 14.0. The first-order chi connectivity index (χ1) is 15.0. The number of hydrogen-bond acceptors (Lipinski definition) is 6. The summed E-state index contributed by atoms with van der Waals surface area (Å²) in [5, 5.41) is 14.8. The van der Waals surface area contributed by atoms with Gasteiger partial charge in [0.15, 0.2) is 5.65 Å². The predicted octanol–water partition coefficient (Wildman–Crippen LogP) is 1.88. The van der Waals surface area contributed by atoms with Gasteiger partial charge < -0.3 is 16.0 Å². The van der Waals surface area contributed by atoms with E-state index < -0.39 is 23.7 Å². The molecule has 4 amide bonds. The van der Waals surface area contributed by atoms with Crippen molar-refractivity contribution in [3.63, 3.8) is 0 Å².